The molecule has 6 heteroatoms. The van der Waals surface area contributed by atoms with E-state index in [1.807, 2.05) is 0 Å². The third kappa shape index (κ3) is 2.48. The molecule has 1 aliphatic carbocycles. The minimum atomic E-state index is -1.07. The van der Waals surface area contributed by atoms with Gasteiger partial charge < -0.3 is 19.7 Å². The van der Waals surface area contributed by atoms with Crippen LogP contribution >= 0.6 is 0 Å². The number of nitrogens with zero attached hydrogens (tertiary/aromatic N) is 2. The molecule has 2 atom stereocenters. The molecule has 2 rings (SSSR count). The Kier molecular flexibility index (Phi) is 3.44. The average Bonchev–Trinajstić information content (AvgIpc) is 3.20. The molecule has 2 N–H and O–H groups in total. The zero-order valence-corrected chi connectivity index (χ0v) is 9.83. The van der Waals surface area contributed by atoms with Crippen molar-refractivity contribution in [2.45, 2.75) is 25.0 Å². The molecule has 1 heterocycles. The number of ether oxygens (including phenoxy) is 2. The van der Waals surface area contributed by atoms with E-state index in [4.69, 9.17) is 9.47 Å². The zero-order valence-electron chi connectivity index (χ0n) is 9.83. The van der Waals surface area contributed by atoms with Gasteiger partial charge >= 0.3 is 0 Å². The molecular formula is C11H16N2O4. The molecule has 0 bridgehead atoms. The van der Waals surface area contributed by atoms with Crippen LogP contribution < -0.4 is 9.47 Å². The molecule has 1 aromatic heterocycles. The number of aliphatic hydroxyl groups excluding tert-OH is 2. The number of aromatic nitrogens is 2. The first-order chi connectivity index (χ1) is 8.17. The van der Waals surface area contributed by atoms with E-state index in [0.29, 0.717) is 5.88 Å². The van der Waals surface area contributed by atoms with E-state index in [1.54, 1.807) is 0 Å². The van der Waals surface area contributed by atoms with Crippen LogP contribution in [0.4, 0.5) is 0 Å². The first-order valence-electron chi connectivity index (χ1n) is 5.48. The lowest BCUT2D eigenvalue weighted by atomic mass is 10.1. The van der Waals surface area contributed by atoms with Gasteiger partial charge in [0.05, 0.1) is 26.5 Å². The summed E-state index contributed by atoms with van der Waals surface area (Å²) >= 11 is 0. The number of methoxy groups -OCH3 is 2. The highest BCUT2D eigenvalue weighted by Gasteiger charge is 2.37. The van der Waals surface area contributed by atoms with Gasteiger partial charge in [0.2, 0.25) is 11.8 Å². The SMILES string of the molecule is COc1cnc(C(O)C(O)C2CC2)c(OC)n1. The van der Waals surface area contributed by atoms with Crippen molar-refractivity contribution >= 4 is 0 Å². The fraction of sp³-hybridized carbons (Fsp3) is 0.636. The lowest BCUT2D eigenvalue weighted by Crippen LogP contribution is -2.22. The Morgan fingerprint density at radius 3 is 2.53 bits per heavy atom. The van der Waals surface area contributed by atoms with Gasteiger partial charge in [0.15, 0.2) is 0 Å². The van der Waals surface area contributed by atoms with Crippen LogP contribution in [-0.4, -0.2) is 40.5 Å². The van der Waals surface area contributed by atoms with Crippen LogP contribution in [0.2, 0.25) is 0 Å². The summed E-state index contributed by atoms with van der Waals surface area (Å²) in [6, 6.07) is 0. The van der Waals surface area contributed by atoms with Crippen LogP contribution in [0.25, 0.3) is 0 Å². The number of aliphatic hydroxyl groups is 2. The van der Waals surface area contributed by atoms with Crippen molar-refractivity contribution in [2.75, 3.05) is 14.2 Å². The summed E-state index contributed by atoms with van der Waals surface area (Å²) in [7, 11) is 2.90. The van der Waals surface area contributed by atoms with Crippen molar-refractivity contribution in [1.82, 2.24) is 9.97 Å². The summed E-state index contributed by atoms with van der Waals surface area (Å²) < 4.78 is 9.95. The Morgan fingerprint density at radius 1 is 1.29 bits per heavy atom. The predicted octanol–water partition coefficient (Wildman–Crippen LogP) is 0.298. The molecule has 0 saturated heterocycles. The highest BCUT2D eigenvalue weighted by molar-refractivity contribution is 5.25. The van der Waals surface area contributed by atoms with E-state index in [1.165, 1.54) is 20.4 Å². The molecular weight excluding hydrogens is 224 g/mol. The molecule has 1 fully saturated rings. The number of rotatable bonds is 5. The second kappa shape index (κ2) is 4.85. The van der Waals surface area contributed by atoms with Gasteiger partial charge in [-0.1, -0.05) is 0 Å². The van der Waals surface area contributed by atoms with Crippen molar-refractivity contribution in [2.24, 2.45) is 5.92 Å². The molecule has 1 aliphatic rings. The minimum Gasteiger partial charge on any atom is -0.480 e. The Hall–Kier alpha value is -1.40. The van der Waals surface area contributed by atoms with Crippen LogP contribution in [0.3, 0.4) is 0 Å². The molecule has 94 valence electrons. The van der Waals surface area contributed by atoms with Gasteiger partial charge in [-0.25, -0.2) is 4.98 Å². The number of hydrogen-bond acceptors (Lipinski definition) is 6. The maximum absolute atomic E-state index is 10.0. The smallest absolute Gasteiger partial charge is 0.241 e. The monoisotopic (exact) mass is 240 g/mol. The van der Waals surface area contributed by atoms with E-state index in [0.717, 1.165) is 12.8 Å². The van der Waals surface area contributed by atoms with Crippen molar-refractivity contribution in [3.63, 3.8) is 0 Å². The maximum Gasteiger partial charge on any atom is 0.241 e. The molecule has 17 heavy (non-hydrogen) atoms. The molecule has 0 aromatic carbocycles. The van der Waals surface area contributed by atoms with Crippen LogP contribution in [0.1, 0.15) is 24.6 Å². The normalized spacial score (nSPS) is 18.6. The van der Waals surface area contributed by atoms with Crippen LogP contribution in [-0.2, 0) is 0 Å². The Labute approximate surface area is 99.2 Å². The fourth-order valence-corrected chi connectivity index (χ4v) is 1.67. The summed E-state index contributed by atoms with van der Waals surface area (Å²) in [6.45, 7) is 0. The third-order valence-electron chi connectivity index (χ3n) is 2.86. The maximum atomic E-state index is 10.0. The minimum absolute atomic E-state index is 0.151. The Morgan fingerprint density at radius 2 is 2.00 bits per heavy atom. The van der Waals surface area contributed by atoms with Crippen molar-refractivity contribution < 1.29 is 19.7 Å². The van der Waals surface area contributed by atoms with Gasteiger partial charge in [-0.05, 0) is 18.8 Å². The molecule has 0 aliphatic heterocycles. The summed E-state index contributed by atoms with van der Waals surface area (Å²) in [4.78, 5) is 8.04. The molecule has 6 nitrogen and oxygen atoms in total. The average molecular weight is 240 g/mol. The van der Waals surface area contributed by atoms with Crippen molar-refractivity contribution in [3.05, 3.63) is 11.9 Å². The van der Waals surface area contributed by atoms with Gasteiger partial charge in [-0.2, -0.15) is 4.98 Å². The quantitative estimate of drug-likeness (QED) is 0.770. The first-order valence-corrected chi connectivity index (χ1v) is 5.48. The topological polar surface area (TPSA) is 84.7 Å². The Bertz CT molecular complexity index is 395. The predicted molar refractivity (Wildman–Crippen MR) is 58.8 cm³/mol. The van der Waals surface area contributed by atoms with E-state index >= 15 is 0 Å². The van der Waals surface area contributed by atoms with Gasteiger partial charge in [0.1, 0.15) is 11.8 Å². The summed E-state index contributed by atoms with van der Waals surface area (Å²) in [5.41, 5.74) is 0.243. The zero-order chi connectivity index (χ0) is 12.4. The second-order valence-corrected chi connectivity index (χ2v) is 4.08. The molecule has 1 aromatic rings. The van der Waals surface area contributed by atoms with Crippen LogP contribution in [0.15, 0.2) is 6.20 Å². The van der Waals surface area contributed by atoms with E-state index in [2.05, 4.69) is 9.97 Å². The summed E-state index contributed by atoms with van der Waals surface area (Å²) in [5, 5.41) is 19.9. The summed E-state index contributed by atoms with van der Waals surface area (Å²) in [6.07, 6.45) is 1.37. The van der Waals surface area contributed by atoms with Gasteiger partial charge in [0, 0.05) is 0 Å². The first kappa shape index (κ1) is 12.1. The van der Waals surface area contributed by atoms with Crippen LogP contribution in [0.5, 0.6) is 11.8 Å². The van der Waals surface area contributed by atoms with Crippen molar-refractivity contribution in [1.29, 1.82) is 0 Å². The third-order valence-corrected chi connectivity index (χ3v) is 2.86. The summed E-state index contributed by atoms with van der Waals surface area (Å²) in [5.74, 6) is 0.633. The lowest BCUT2D eigenvalue weighted by Gasteiger charge is -2.18. The highest BCUT2D eigenvalue weighted by atomic mass is 16.5. The Balaban J connectivity index is 2.23. The molecule has 1 saturated carbocycles. The van der Waals surface area contributed by atoms with Gasteiger partial charge in [-0.15, -0.1) is 0 Å². The molecule has 0 amide bonds. The standard InChI is InChI=1S/C11H16N2O4/c1-16-7-5-12-8(11(13-7)17-2)10(15)9(14)6-3-4-6/h5-6,9-10,14-15H,3-4H2,1-2H3. The van der Waals surface area contributed by atoms with Crippen LogP contribution in [0, 0.1) is 5.92 Å². The van der Waals surface area contributed by atoms with Gasteiger partial charge in [-0.3, -0.25) is 0 Å². The van der Waals surface area contributed by atoms with E-state index in [-0.39, 0.29) is 17.5 Å². The molecule has 0 spiro atoms. The largest absolute Gasteiger partial charge is 0.480 e. The van der Waals surface area contributed by atoms with Gasteiger partial charge in [0.25, 0.3) is 0 Å². The second-order valence-electron chi connectivity index (χ2n) is 4.08. The fourth-order valence-electron chi connectivity index (χ4n) is 1.67. The van der Waals surface area contributed by atoms with Crippen molar-refractivity contribution in [3.8, 4) is 11.8 Å². The molecule has 2 unspecified atom stereocenters. The highest BCUT2D eigenvalue weighted by Crippen LogP contribution is 2.39. The molecule has 0 radical (unpaired) electrons. The van der Waals surface area contributed by atoms with E-state index < -0.39 is 12.2 Å². The lowest BCUT2D eigenvalue weighted by molar-refractivity contribution is 0.000627. The number of hydrogen-bond donors (Lipinski definition) is 2. The van der Waals surface area contributed by atoms with E-state index in [9.17, 15) is 10.2 Å².